The van der Waals surface area contributed by atoms with Crippen molar-refractivity contribution in [2.75, 3.05) is 42.9 Å². The zero-order valence-electron chi connectivity index (χ0n) is 14.4. The smallest absolute Gasteiger partial charge is 0.354 e. The molecule has 1 atom stereocenters. The van der Waals surface area contributed by atoms with Gasteiger partial charge in [-0.1, -0.05) is 24.3 Å². The predicted octanol–water partition coefficient (Wildman–Crippen LogP) is 2.40. The lowest BCUT2D eigenvalue weighted by atomic mass is 10.2. The average Bonchev–Trinajstić information content (AvgIpc) is 2.67. The second kappa shape index (κ2) is 7.98. The number of rotatable bonds is 6. The highest BCUT2D eigenvalue weighted by Crippen LogP contribution is 2.16. The van der Waals surface area contributed by atoms with Gasteiger partial charge in [0.2, 0.25) is 0 Å². The molecule has 0 bridgehead atoms. The van der Waals surface area contributed by atoms with Gasteiger partial charge >= 0.3 is 5.97 Å². The Hall–Kier alpha value is -2.60. The van der Waals surface area contributed by atoms with Crippen molar-refractivity contribution in [2.45, 2.75) is 13.0 Å². The van der Waals surface area contributed by atoms with Crippen LogP contribution in [0.2, 0.25) is 0 Å². The van der Waals surface area contributed by atoms with Gasteiger partial charge in [0.05, 0.1) is 0 Å². The zero-order valence-corrected chi connectivity index (χ0v) is 14.4. The van der Waals surface area contributed by atoms with E-state index in [0.29, 0.717) is 11.9 Å². The molecule has 2 heterocycles. The summed E-state index contributed by atoms with van der Waals surface area (Å²) in [6.07, 6.45) is 0. The molecule has 1 aliphatic rings. The average molecular weight is 340 g/mol. The molecule has 2 N–H and O–H groups in total. The Morgan fingerprint density at radius 2 is 1.84 bits per heavy atom. The first kappa shape index (κ1) is 17.2. The Bertz CT molecular complexity index is 700. The monoisotopic (exact) mass is 340 g/mol. The minimum atomic E-state index is -1.01. The topological polar surface area (TPSA) is 68.7 Å². The number of pyridine rings is 1. The van der Waals surface area contributed by atoms with Gasteiger partial charge in [0.15, 0.2) is 5.69 Å². The number of para-hydroxylation sites is 1. The van der Waals surface area contributed by atoms with Gasteiger partial charge < -0.3 is 15.3 Å². The summed E-state index contributed by atoms with van der Waals surface area (Å²) < 4.78 is 0. The summed E-state index contributed by atoms with van der Waals surface area (Å²) in [6.45, 7) is 6.98. The van der Waals surface area contributed by atoms with Crippen LogP contribution in [0.15, 0.2) is 48.5 Å². The highest BCUT2D eigenvalue weighted by Gasteiger charge is 2.21. The van der Waals surface area contributed by atoms with Crippen molar-refractivity contribution in [1.82, 2.24) is 9.88 Å². The number of aromatic nitrogens is 1. The molecule has 6 heteroatoms. The van der Waals surface area contributed by atoms with Crippen molar-refractivity contribution < 1.29 is 9.90 Å². The van der Waals surface area contributed by atoms with Crippen LogP contribution in [0.4, 0.5) is 11.5 Å². The predicted molar refractivity (Wildman–Crippen MR) is 99.4 cm³/mol. The Morgan fingerprint density at radius 3 is 2.52 bits per heavy atom. The third-order valence-electron chi connectivity index (χ3n) is 4.61. The van der Waals surface area contributed by atoms with E-state index in [0.717, 1.165) is 32.7 Å². The minimum absolute atomic E-state index is 0.0640. The molecule has 1 aromatic carbocycles. The highest BCUT2D eigenvalue weighted by atomic mass is 16.4. The van der Waals surface area contributed by atoms with Crippen LogP contribution >= 0.6 is 0 Å². The summed E-state index contributed by atoms with van der Waals surface area (Å²) in [5, 5.41) is 12.3. The number of nitrogens with one attached hydrogen (secondary N) is 1. The molecule has 0 saturated carbocycles. The number of hydrogen-bond donors (Lipinski definition) is 2. The van der Waals surface area contributed by atoms with Crippen LogP contribution in [-0.2, 0) is 0 Å². The Labute approximate surface area is 148 Å². The molecule has 0 spiro atoms. The summed E-state index contributed by atoms with van der Waals surface area (Å²) in [6, 6.07) is 15.9. The van der Waals surface area contributed by atoms with Crippen molar-refractivity contribution >= 4 is 17.5 Å². The van der Waals surface area contributed by atoms with E-state index >= 15 is 0 Å². The number of carboxylic acids is 1. The van der Waals surface area contributed by atoms with E-state index in [9.17, 15) is 4.79 Å². The van der Waals surface area contributed by atoms with E-state index in [4.69, 9.17) is 5.11 Å². The van der Waals surface area contributed by atoms with E-state index in [1.54, 1.807) is 12.1 Å². The molecule has 6 nitrogen and oxygen atoms in total. The van der Waals surface area contributed by atoms with E-state index in [1.807, 2.05) is 6.07 Å². The third kappa shape index (κ3) is 4.48. The lowest BCUT2D eigenvalue weighted by Gasteiger charge is -2.39. The fourth-order valence-electron chi connectivity index (χ4n) is 3.09. The largest absolute Gasteiger partial charge is 0.477 e. The summed E-state index contributed by atoms with van der Waals surface area (Å²) in [5.41, 5.74) is 1.34. The maximum absolute atomic E-state index is 11.0. The second-order valence-corrected chi connectivity index (χ2v) is 6.30. The lowest BCUT2D eigenvalue weighted by molar-refractivity contribution is 0.0690. The molecule has 25 heavy (non-hydrogen) atoms. The van der Waals surface area contributed by atoms with Gasteiger partial charge in [-0.2, -0.15) is 0 Å². The van der Waals surface area contributed by atoms with Crippen molar-refractivity contribution in [2.24, 2.45) is 0 Å². The van der Waals surface area contributed by atoms with Crippen LogP contribution in [0.1, 0.15) is 17.4 Å². The number of piperazine rings is 1. The fraction of sp³-hybridized carbons (Fsp3) is 0.368. The van der Waals surface area contributed by atoms with Crippen LogP contribution in [0.3, 0.4) is 0 Å². The van der Waals surface area contributed by atoms with Crippen molar-refractivity contribution in [3.8, 4) is 0 Å². The molecule has 2 aromatic rings. The molecule has 1 unspecified atom stereocenters. The first-order valence-corrected chi connectivity index (χ1v) is 8.62. The maximum Gasteiger partial charge on any atom is 0.354 e. The molecule has 132 valence electrons. The van der Waals surface area contributed by atoms with E-state index < -0.39 is 5.97 Å². The van der Waals surface area contributed by atoms with Gasteiger partial charge in [0, 0.05) is 44.5 Å². The lowest BCUT2D eigenvalue weighted by Crippen LogP contribution is -2.51. The van der Waals surface area contributed by atoms with Gasteiger partial charge in [-0.3, -0.25) is 4.90 Å². The van der Waals surface area contributed by atoms with E-state index in [1.165, 1.54) is 11.8 Å². The van der Waals surface area contributed by atoms with Crippen LogP contribution in [-0.4, -0.2) is 59.7 Å². The van der Waals surface area contributed by atoms with E-state index in [2.05, 4.69) is 51.3 Å². The number of carbonyl (C=O) groups is 1. The van der Waals surface area contributed by atoms with Crippen molar-refractivity contribution in [1.29, 1.82) is 0 Å². The number of hydrogen-bond acceptors (Lipinski definition) is 5. The summed E-state index contributed by atoms with van der Waals surface area (Å²) in [4.78, 5) is 19.9. The highest BCUT2D eigenvalue weighted by molar-refractivity contribution is 5.85. The van der Waals surface area contributed by atoms with Gasteiger partial charge in [-0.25, -0.2) is 9.78 Å². The van der Waals surface area contributed by atoms with Gasteiger partial charge in [0.1, 0.15) is 5.82 Å². The Morgan fingerprint density at radius 1 is 1.12 bits per heavy atom. The fourth-order valence-corrected chi connectivity index (χ4v) is 3.09. The molecule has 1 fully saturated rings. The molecule has 3 rings (SSSR count). The van der Waals surface area contributed by atoms with E-state index in [-0.39, 0.29) is 5.69 Å². The Balaban J connectivity index is 1.49. The van der Waals surface area contributed by atoms with Crippen molar-refractivity contribution in [3.05, 3.63) is 54.2 Å². The molecule has 1 aromatic heterocycles. The Kier molecular flexibility index (Phi) is 5.50. The summed E-state index contributed by atoms with van der Waals surface area (Å²) in [5.74, 6) is -0.400. The summed E-state index contributed by atoms with van der Waals surface area (Å²) >= 11 is 0. The van der Waals surface area contributed by atoms with Crippen LogP contribution in [0.5, 0.6) is 0 Å². The molecule has 0 aliphatic carbocycles. The molecular formula is C19H24N4O2. The SMILES string of the molecule is CC(CNc1cccc(C(=O)O)n1)N1CCN(c2ccccc2)CC1. The van der Waals surface area contributed by atoms with Crippen LogP contribution in [0.25, 0.3) is 0 Å². The normalized spacial score (nSPS) is 16.4. The van der Waals surface area contributed by atoms with Crippen LogP contribution in [0, 0.1) is 0 Å². The number of nitrogens with zero attached hydrogens (tertiary/aromatic N) is 3. The standard InChI is InChI=1S/C19H24N4O2/c1-15(14-20-18-9-5-8-17(21-18)19(24)25)22-10-12-23(13-11-22)16-6-3-2-4-7-16/h2-9,15H,10-14H2,1H3,(H,20,21)(H,24,25). The summed E-state index contributed by atoms with van der Waals surface area (Å²) in [7, 11) is 0. The number of anilines is 2. The second-order valence-electron chi connectivity index (χ2n) is 6.30. The molecule has 0 amide bonds. The molecule has 1 saturated heterocycles. The number of aromatic carboxylic acids is 1. The maximum atomic E-state index is 11.0. The van der Waals surface area contributed by atoms with Crippen molar-refractivity contribution in [3.63, 3.8) is 0 Å². The van der Waals surface area contributed by atoms with Gasteiger partial charge in [0.25, 0.3) is 0 Å². The number of carboxylic acid groups (broad SMARTS) is 1. The molecule has 0 radical (unpaired) electrons. The first-order valence-electron chi connectivity index (χ1n) is 8.62. The molecule has 1 aliphatic heterocycles. The van der Waals surface area contributed by atoms with Gasteiger partial charge in [-0.05, 0) is 31.2 Å². The zero-order chi connectivity index (χ0) is 17.6. The quantitative estimate of drug-likeness (QED) is 0.842. The first-order chi connectivity index (χ1) is 12.1. The minimum Gasteiger partial charge on any atom is -0.477 e. The molecular weight excluding hydrogens is 316 g/mol. The van der Waals surface area contributed by atoms with Crippen LogP contribution < -0.4 is 10.2 Å². The number of benzene rings is 1. The third-order valence-corrected chi connectivity index (χ3v) is 4.61. The van der Waals surface area contributed by atoms with Gasteiger partial charge in [-0.15, -0.1) is 0 Å².